The lowest BCUT2D eigenvalue weighted by atomic mass is 9.79. The normalized spacial score (nSPS) is 27.4. The summed E-state index contributed by atoms with van der Waals surface area (Å²) in [5, 5.41) is 1.28. The summed E-state index contributed by atoms with van der Waals surface area (Å²) in [6.45, 7) is 14.2. The van der Waals surface area contributed by atoms with Gasteiger partial charge in [0.2, 0.25) is 0 Å². The molecule has 0 bridgehead atoms. The van der Waals surface area contributed by atoms with Gasteiger partial charge in [0.05, 0.1) is 26.4 Å². The zero-order valence-electron chi connectivity index (χ0n) is 17.6. The van der Waals surface area contributed by atoms with E-state index in [0.717, 1.165) is 23.9 Å². The first kappa shape index (κ1) is 19.4. The number of piperidine rings is 1. The lowest BCUT2D eigenvalue weighted by molar-refractivity contribution is 0.00578. The Hall–Kier alpha value is -0.945. The number of hydrogen-bond donors (Lipinski definition) is 0. The Morgan fingerprint density at radius 2 is 1.78 bits per heavy atom. The third kappa shape index (κ3) is 3.35. The van der Waals surface area contributed by atoms with Gasteiger partial charge in [-0.2, -0.15) is 0 Å². The topological polar surface area (TPSA) is 34.6 Å². The molecule has 0 saturated carbocycles. The number of rotatable bonds is 2. The molecule has 1 unspecified atom stereocenters. The highest BCUT2D eigenvalue weighted by Crippen LogP contribution is 2.40. The molecule has 2 aromatic rings. The van der Waals surface area contributed by atoms with Crippen LogP contribution >= 0.6 is 11.3 Å². The number of nitrogens with zero attached hydrogens (tertiary/aromatic N) is 2. The average molecular weight is 386 g/mol. The Morgan fingerprint density at radius 1 is 1.11 bits per heavy atom. The van der Waals surface area contributed by atoms with Gasteiger partial charge < -0.3 is 14.2 Å². The van der Waals surface area contributed by atoms with Gasteiger partial charge in [0.15, 0.2) is 0 Å². The molecule has 0 amide bonds. The Bertz CT molecular complexity index is 845. The van der Waals surface area contributed by atoms with Crippen LogP contribution in [0, 0.1) is 0 Å². The zero-order chi connectivity index (χ0) is 19.6. The van der Waals surface area contributed by atoms with Crippen LogP contribution < -0.4 is 5.46 Å². The SMILES string of the molecule is CN1CCC(c2nc3cc(B4OC(C)(C)C(C)(C)O4)ccc3s2)CC1(C)C. The summed E-state index contributed by atoms with van der Waals surface area (Å²) >= 11 is 1.85. The molecule has 27 heavy (non-hydrogen) atoms. The molecule has 2 aliphatic rings. The Labute approximate surface area is 167 Å². The van der Waals surface area contributed by atoms with Gasteiger partial charge in [0, 0.05) is 11.5 Å². The van der Waals surface area contributed by atoms with E-state index >= 15 is 0 Å². The molecule has 0 N–H and O–H groups in total. The van der Waals surface area contributed by atoms with Crippen LogP contribution in [0.4, 0.5) is 0 Å². The second-order valence-electron chi connectivity index (χ2n) is 9.79. The molecule has 0 spiro atoms. The predicted molar refractivity (Wildman–Crippen MR) is 114 cm³/mol. The smallest absolute Gasteiger partial charge is 0.399 e. The minimum absolute atomic E-state index is 0.231. The highest BCUT2D eigenvalue weighted by Gasteiger charge is 2.51. The van der Waals surface area contributed by atoms with E-state index in [-0.39, 0.29) is 23.9 Å². The van der Waals surface area contributed by atoms with Gasteiger partial charge in [-0.05, 0) is 85.6 Å². The first-order valence-corrected chi connectivity index (χ1v) is 10.8. The van der Waals surface area contributed by atoms with Gasteiger partial charge >= 0.3 is 7.12 Å². The highest BCUT2D eigenvalue weighted by atomic mass is 32.1. The molecule has 1 atom stereocenters. The van der Waals surface area contributed by atoms with E-state index in [4.69, 9.17) is 14.3 Å². The van der Waals surface area contributed by atoms with Gasteiger partial charge in [0.1, 0.15) is 0 Å². The van der Waals surface area contributed by atoms with Crippen molar-refractivity contribution in [2.24, 2.45) is 0 Å². The van der Waals surface area contributed by atoms with Crippen molar-refractivity contribution in [2.45, 2.75) is 77.0 Å². The summed E-state index contributed by atoms with van der Waals surface area (Å²) in [7, 11) is 1.90. The first-order valence-electron chi connectivity index (χ1n) is 9.96. The molecule has 6 heteroatoms. The van der Waals surface area contributed by atoms with Crippen molar-refractivity contribution in [1.29, 1.82) is 0 Å². The van der Waals surface area contributed by atoms with Crippen molar-refractivity contribution in [3.8, 4) is 0 Å². The lowest BCUT2D eigenvalue weighted by Crippen LogP contribution is -2.46. The van der Waals surface area contributed by atoms with Crippen LogP contribution in [0.2, 0.25) is 0 Å². The minimum atomic E-state index is -0.327. The van der Waals surface area contributed by atoms with E-state index < -0.39 is 0 Å². The zero-order valence-corrected chi connectivity index (χ0v) is 18.4. The molecule has 4 rings (SSSR count). The largest absolute Gasteiger partial charge is 0.494 e. The van der Waals surface area contributed by atoms with Crippen molar-refractivity contribution in [3.05, 3.63) is 23.2 Å². The molecule has 0 radical (unpaired) electrons. The van der Waals surface area contributed by atoms with E-state index in [1.165, 1.54) is 16.1 Å². The number of likely N-dealkylation sites (tertiary alicyclic amines) is 1. The van der Waals surface area contributed by atoms with Crippen molar-refractivity contribution in [2.75, 3.05) is 13.6 Å². The molecule has 2 saturated heterocycles. The molecular weight excluding hydrogens is 355 g/mol. The average Bonchev–Trinajstić information content (AvgIpc) is 3.07. The highest BCUT2D eigenvalue weighted by molar-refractivity contribution is 7.18. The monoisotopic (exact) mass is 386 g/mol. The molecular formula is C21H31BN2O2S. The molecule has 2 fully saturated rings. The van der Waals surface area contributed by atoms with Crippen molar-refractivity contribution >= 4 is 34.1 Å². The molecule has 1 aromatic heterocycles. The first-order chi connectivity index (χ1) is 12.5. The second-order valence-corrected chi connectivity index (χ2v) is 10.9. The second kappa shape index (κ2) is 6.28. The van der Waals surface area contributed by atoms with E-state index in [0.29, 0.717) is 5.92 Å². The fourth-order valence-corrected chi connectivity index (χ4v) is 5.07. The Morgan fingerprint density at radius 3 is 2.41 bits per heavy atom. The number of benzene rings is 1. The maximum Gasteiger partial charge on any atom is 0.494 e. The van der Waals surface area contributed by atoms with Gasteiger partial charge in [0.25, 0.3) is 0 Å². The predicted octanol–water partition coefficient (Wildman–Crippen LogP) is 4.18. The van der Waals surface area contributed by atoms with E-state index in [9.17, 15) is 0 Å². The molecule has 0 aliphatic carbocycles. The Kier molecular flexibility index (Phi) is 4.51. The summed E-state index contributed by atoms with van der Waals surface area (Å²) < 4.78 is 13.7. The molecule has 146 valence electrons. The fourth-order valence-electron chi connectivity index (χ4n) is 3.99. The van der Waals surface area contributed by atoms with Crippen molar-refractivity contribution in [1.82, 2.24) is 9.88 Å². The quantitative estimate of drug-likeness (QED) is 0.726. The fraction of sp³-hybridized carbons (Fsp3) is 0.667. The summed E-state index contributed by atoms with van der Waals surface area (Å²) in [5.41, 5.74) is 1.72. The standard InChI is InChI=1S/C21H31BN2O2S/c1-19(2)13-14(10-11-24(19)7)18-23-16-12-15(8-9-17(16)27-18)22-25-20(3,4)21(5,6)26-22/h8-9,12,14H,10-11,13H2,1-7H3. The van der Waals surface area contributed by atoms with Gasteiger partial charge in [-0.15, -0.1) is 11.3 Å². The third-order valence-electron chi connectivity index (χ3n) is 6.90. The maximum atomic E-state index is 6.21. The van der Waals surface area contributed by atoms with Crippen LogP contribution in [-0.2, 0) is 9.31 Å². The van der Waals surface area contributed by atoms with Crippen molar-refractivity contribution < 1.29 is 9.31 Å². The van der Waals surface area contributed by atoms with E-state index in [1.807, 2.05) is 11.3 Å². The number of hydrogen-bond acceptors (Lipinski definition) is 5. The summed E-state index contributed by atoms with van der Waals surface area (Å²) in [4.78, 5) is 7.49. The molecule has 1 aromatic carbocycles. The van der Waals surface area contributed by atoms with Crippen LogP contribution in [0.1, 0.15) is 65.3 Å². The third-order valence-corrected chi connectivity index (χ3v) is 8.09. The van der Waals surface area contributed by atoms with Crippen LogP contribution in [0.15, 0.2) is 18.2 Å². The minimum Gasteiger partial charge on any atom is -0.399 e. The van der Waals surface area contributed by atoms with Gasteiger partial charge in [-0.1, -0.05) is 6.07 Å². The van der Waals surface area contributed by atoms with Crippen molar-refractivity contribution in [3.63, 3.8) is 0 Å². The summed E-state index contributed by atoms with van der Waals surface area (Å²) in [6.07, 6.45) is 2.34. The van der Waals surface area contributed by atoms with Crippen LogP contribution in [0.3, 0.4) is 0 Å². The van der Waals surface area contributed by atoms with E-state index in [1.54, 1.807) is 0 Å². The van der Waals surface area contributed by atoms with Crippen LogP contribution in [0.25, 0.3) is 10.2 Å². The van der Waals surface area contributed by atoms with Crippen LogP contribution in [-0.4, -0.2) is 47.3 Å². The molecule has 4 nitrogen and oxygen atoms in total. The number of aromatic nitrogens is 1. The van der Waals surface area contributed by atoms with E-state index in [2.05, 4.69) is 71.7 Å². The van der Waals surface area contributed by atoms with Gasteiger partial charge in [-0.25, -0.2) is 4.98 Å². The number of fused-ring (bicyclic) bond motifs is 1. The Balaban J connectivity index is 1.60. The van der Waals surface area contributed by atoms with Crippen LogP contribution in [0.5, 0.6) is 0 Å². The van der Waals surface area contributed by atoms with Gasteiger partial charge in [-0.3, -0.25) is 0 Å². The molecule has 3 heterocycles. The summed E-state index contributed by atoms with van der Waals surface area (Å²) in [5.74, 6) is 0.550. The maximum absolute atomic E-state index is 6.21. The summed E-state index contributed by atoms with van der Waals surface area (Å²) in [6, 6.07) is 6.46. The number of thiazole rings is 1. The molecule has 2 aliphatic heterocycles. The lowest BCUT2D eigenvalue weighted by Gasteiger charge is -2.43.